The number of hydrogen-bond acceptors (Lipinski definition) is 9. The number of allylic oxidation sites excluding steroid dienone is 2. The van der Waals surface area contributed by atoms with Gasteiger partial charge >= 0.3 is 12.2 Å². The number of carbonyl (C=O) groups excluding carboxylic acids is 2. The monoisotopic (exact) mass is 491 g/mol. The minimum atomic E-state index is -1.50. The number of imide groups is 1. The van der Waals surface area contributed by atoms with Crippen molar-refractivity contribution in [3.8, 4) is 0 Å². The molecular formula is C24H37N5O6. The molecule has 1 unspecified atom stereocenters. The van der Waals surface area contributed by atoms with Crippen molar-refractivity contribution in [2.75, 3.05) is 4.90 Å². The molecule has 0 bridgehead atoms. The maximum atomic E-state index is 12.9. The van der Waals surface area contributed by atoms with Gasteiger partial charge in [0.15, 0.2) is 22.8 Å². The Morgan fingerprint density at radius 2 is 1.49 bits per heavy atom. The van der Waals surface area contributed by atoms with E-state index in [1.54, 1.807) is 47.9 Å². The molecule has 0 radical (unpaired) electrons. The van der Waals surface area contributed by atoms with Crippen LogP contribution in [0.1, 0.15) is 81.2 Å². The van der Waals surface area contributed by atoms with E-state index < -0.39 is 29.2 Å². The summed E-state index contributed by atoms with van der Waals surface area (Å²) in [6, 6.07) is 0.120. The van der Waals surface area contributed by atoms with Crippen LogP contribution in [0.3, 0.4) is 0 Å². The zero-order valence-corrected chi connectivity index (χ0v) is 22.0. The first kappa shape index (κ1) is 28.2. The van der Waals surface area contributed by atoms with E-state index in [-0.39, 0.29) is 11.9 Å². The molecule has 0 saturated heterocycles. The van der Waals surface area contributed by atoms with E-state index in [4.69, 9.17) is 19.7 Å². The third-order valence-electron chi connectivity index (χ3n) is 4.37. The van der Waals surface area contributed by atoms with E-state index >= 15 is 0 Å². The molecule has 1 aliphatic rings. The minimum absolute atomic E-state index is 0.0287. The van der Waals surface area contributed by atoms with Crippen molar-refractivity contribution in [3.05, 3.63) is 24.3 Å². The van der Waals surface area contributed by atoms with Crippen molar-refractivity contribution >= 4 is 29.2 Å². The van der Waals surface area contributed by atoms with Crippen molar-refractivity contribution in [1.82, 2.24) is 19.5 Å². The number of aromatic nitrogens is 4. The van der Waals surface area contributed by atoms with Gasteiger partial charge in [-0.25, -0.2) is 24.5 Å². The average molecular weight is 492 g/mol. The van der Waals surface area contributed by atoms with Crippen molar-refractivity contribution in [3.63, 3.8) is 0 Å². The predicted molar refractivity (Wildman–Crippen MR) is 131 cm³/mol. The standard InChI is InChI=1S/C21H29N5O4.C3H8O2/c1-13-8-9-14(10-13)25-12-24-15-16(25)22-11-23-17(15)26(18(27)29-20(2,3)4)19(28)30-21(5,6)7;1-3(2,4)5/h10-12,14H,8-9H2,1-7H3;4-5H,1-2H3. The van der Waals surface area contributed by atoms with Crippen molar-refractivity contribution in [1.29, 1.82) is 0 Å². The molecule has 0 saturated carbocycles. The van der Waals surface area contributed by atoms with Crippen LogP contribution in [0.4, 0.5) is 15.4 Å². The Labute approximate surface area is 205 Å². The van der Waals surface area contributed by atoms with Crippen LogP contribution in [0.5, 0.6) is 0 Å². The van der Waals surface area contributed by atoms with Gasteiger partial charge in [0.05, 0.1) is 12.4 Å². The Hall–Kier alpha value is -3.05. The second-order valence-electron chi connectivity index (χ2n) is 10.9. The molecule has 2 aromatic rings. The first-order valence-corrected chi connectivity index (χ1v) is 11.4. The van der Waals surface area contributed by atoms with E-state index in [0.717, 1.165) is 17.7 Å². The summed E-state index contributed by atoms with van der Waals surface area (Å²) in [5.74, 6) is -1.47. The van der Waals surface area contributed by atoms with Crippen LogP contribution in [-0.4, -0.2) is 58.9 Å². The predicted octanol–water partition coefficient (Wildman–Crippen LogP) is 4.49. The summed E-state index contributed by atoms with van der Waals surface area (Å²) in [5, 5.41) is 16.2. The molecule has 0 aliphatic heterocycles. The summed E-state index contributed by atoms with van der Waals surface area (Å²) in [4.78, 5) is 39.6. The molecule has 1 atom stereocenters. The highest BCUT2D eigenvalue weighted by molar-refractivity contribution is 6.12. The number of carbonyl (C=O) groups is 2. The maximum absolute atomic E-state index is 12.9. The van der Waals surface area contributed by atoms with Crippen molar-refractivity contribution in [2.24, 2.45) is 0 Å². The number of nitrogens with zero attached hydrogens (tertiary/aromatic N) is 5. The molecule has 2 heterocycles. The fourth-order valence-corrected chi connectivity index (χ4v) is 3.20. The molecule has 3 rings (SSSR count). The summed E-state index contributed by atoms with van der Waals surface area (Å²) >= 11 is 0. The summed E-state index contributed by atoms with van der Waals surface area (Å²) in [7, 11) is 0. The Morgan fingerprint density at radius 3 is 1.91 bits per heavy atom. The summed E-state index contributed by atoms with van der Waals surface area (Å²) < 4.78 is 12.8. The van der Waals surface area contributed by atoms with Crippen molar-refractivity contribution in [2.45, 2.75) is 98.2 Å². The number of rotatable bonds is 2. The van der Waals surface area contributed by atoms with Gasteiger partial charge in [0.2, 0.25) is 0 Å². The van der Waals surface area contributed by atoms with E-state index in [0.29, 0.717) is 11.2 Å². The van der Waals surface area contributed by atoms with Gasteiger partial charge in [-0.3, -0.25) is 0 Å². The van der Waals surface area contributed by atoms with E-state index in [9.17, 15) is 9.59 Å². The van der Waals surface area contributed by atoms with Crippen LogP contribution in [0.2, 0.25) is 0 Å². The summed E-state index contributed by atoms with van der Waals surface area (Å²) in [6.45, 7) is 15.0. The van der Waals surface area contributed by atoms with Crippen LogP contribution < -0.4 is 4.90 Å². The first-order valence-electron chi connectivity index (χ1n) is 11.4. The van der Waals surface area contributed by atoms with Crippen LogP contribution in [0.15, 0.2) is 24.3 Å². The molecule has 0 aromatic carbocycles. The van der Waals surface area contributed by atoms with E-state index in [1.807, 2.05) is 4.57 Å². The van der Waals surface area contributed by atoms with Gasteiger partial charge in [-0.05, 0) is 75.2 Å². The van der Waals surface area contributed by atoms with Crippen LogP contribution in [0.25, 0.3) is 11.2 Å². The second kappa shape index (κ2) is 10.3. The zero-order chi connectivity index (χ0) is 26.8. The number of fused-ring (bicyclic) bond motifs is 1. The number of hydrogen-bond donors (Lipinski definition) is 2. The molecule has 1 aliphatic carbocycles. The Bertz CT molecular complexity index is 1050. The highest BCUT2D eigenvalue weighted by atomic mass is 16.6. The molecule has 11 heteroatoms. The lowest BCUT2D eigenvalue weighted by atomic mass is 10.2. The summed E-state index contributed by atoms with van der Waals surface area (Å²) in [6.07, 6.45) is 5.31. The van der Waals surface area contributed by atoms with Gasteiger partial charge in [-0.15, -0.1) is 0 Å². The Balaban J connectivity index is 0.000000784. The largest absolute Gasteiger partial charge is 0.443 e. The fraction of sp³-hybridized carbons (Fsp3) is 0.625. The van der Waals surface area contributed by atoms with Gasteiger partial charge < -0.3 is 24.3 Å². The minimum Gasteiger partial charge on any atom is -0.443 e. The maximum Gasteiger partial charge on any atom is 0.425 e. The SMILES string of the molecule is CC(C)(O)O.CC1=CC(n2cnc3c(N(C(=O)OC(C)(C)C)C(=O)OC(C)(C)C)ncnc32)CC1. The fourth-order valence-electron chi connectivity index (χ4n) is 3.20. The highest BCUT2D eigenvalue weighted by Gasteiger charge is 2.36. The number of anilines is 1. The van der Waals surface area contributed by atoms with Gasteiger partial charge in [-0.2, -0.15) is 4.90 Å². The van der Waals surface area contributed by atoms with Gasteiger partial charge in [0.25, 0.3) is 0 Å². The zero-order valence-electron chi connectivity index (χ0n) is 22.0. The quantitative estimate of drug-likeness (QED) is 0.459. The topological polar surface area (TPSA) is 140 Å². The van der Waals surface area contributed by atoms with Gasteiger partial charge in [0.1, 0.15) is 17.5 Å². The third-order valence-corrected chi connectivity index (χ3v) is 4.37. The highest BCUT2D eigenvalue weighted by Crippen LogP contribution is 2.32. The number of amides is 2. The molecule has 35 heavy (non-hydrogen) atoms. The average Bonchev–Trinajstić information content (AvgIpc) is 3.23. The normalized spacial score (nSPS) is 16.3. The lowest BCUT2D eigenvalue weighted by molar-refractivity contribution is -0.127. The number of imidazole rings is 1. The molecule has 2 aromatic heterocycles. The van der Waals surface area contributed by atoms with Crippen LogP contribution >= 0.6 is 0 Å². The Morgan fingerprint density at radius 1 is 0.971 bits per heavy atom. The smallest absolute Gasteiger partial charge is 0.425 e. The molecular weight excluding hydrogens is 454 g/mol. The number of ether oxygens (including phenoxy) is 2. The molecule has 2 N–H and O–H groups in total. The third kappa shape index (κ3) is 8.59. The second-order valence-corrected chi connectivity index (χ2v) is 10.9. The van der Waals surface area contributed by atoms with E-state index in [2.05, 4.69) is 28.0 Å². The molecule has 0 fully saturated rings. The van der Waals surface area contributed by atoms with Gasteiger partial charge in [-0.1, -0.05) is 11.6 Å². The molecule has 11 nitrogen and oxygen atoms in total. The Kier molecular flexibility index (Phi) is 8.29. The van der Waals surface area contributed by atoms with Gasteiger partial charge in [0, 0.05) is 0 Å². The summed E-state index contributed by atoms with van der Waals surface area (Å²) in [5.41, 5.74) is 0.546. The number of aliphatic hydroxyl groups is 2. The van der Waals surface area contributed by atoms with Crippen molar-refractivity contribution < 1.29 is 29.3 Å². The molecule has 2 amide bonds. The molecule has 0 spiro atoms. The lowest BCUT2D eigenvalue weighted by Crippen LogP contribution is -2.44. The van der Waals surface area contributed by atoms with Crippen LogP contribution in [0, 0.1) is 0 Å². The van der Waals surface area contributed by atoms with E-state index in [1.165, 1.54) is 25.7 Å². The first-order chi connectivity index (χ1) is 15.9. The molecule has 194 valence electrons. The van der Waals surface area contributed by atoms with Crippen LogP contribution in [-0.2, 0) is 9.47 Å². The lowest BCUT2D eigenvalue weighted by Gasteiger charge is -2.28.